The molecule has 2 aromatic rings. The molecule has 1 fully saturated rings. The van der Waals surface area contributed by atoms with Crippen LogP contribution in [0.25, 0.3) is 0 Å². The molecule has 28 heavy (non-hydrogen) atoms. The van der Waals surface area contributed by atoms with E-state index in [2.05, 4.69) is 4.72 Å². The summed E-state index contributed by atoms with van der Waals surface area (Å²) in [6, 6.07) is 8.09. The standard InChI is InChI=1S/C19H20F2N2O4S/c1-12-10-23(11-13(2)27-12)19(24)17-5-3-4-6-18(17)22-28(25,26)16-8-14(20)7-15(21)9-16/h3-9,12-13,22H,10-11H2,1-2H3. The number of carbonyl (C=O) groups excluding carboxylic acids is 1. The summed E-state index contributed by atoms with van der Waals surface area (Å²) in [6.45, 7) is 4.45. The highest BCUT2D eigenvalue weighted by Crippen LogP contribution is 2.24. The number of morpholine rings is 1. The third kappa shape index (κ3) is 4.48. The Labute approximate surface area is 162 Å². The van der Waals surface area contributed by atoms with Crippen LogP contribution in [-0.4, -0.2) is 44.5 Å². The lowest BCUT2D eigenvalue weighted by Crippen LogP contribution is -2.48. The number of ether oxygens (including phenoxy) is 1. The van der Waals surface area contributed by atoms with Crippen LogP contribution in [0.2, 0.25) is 0 Å². The fraction of sp³-hybridized carbons (Fsp3) is 0.316. The summed E-state index contributed by atoms with van der Waals surface area (Å²) >= 11 is 0. The van der Waals surface area contributed by atoms with Crippen molar-refractivity contribution in [2.75, 3.05) is 17.8 Å². The highest BCUT2D eigenvalue weighted by Gasteiger charge is 2.28. The Kier molecular flexibility index (Phi) is 5.66. The minimum atomic E-state index is -4.29. The molecule has 0 aromatic heterocycles. The normalized spacial score (nSPS) is 20.1. The van der Waals surface area contributed by atoms with Crippen molar-refractivity contribution in [1.29, 1.82) is 0 Å². The van der Waals surface area contributed by atoms with Crippen molar-refractivity contribution in [3.05, 3.63) is 59.7 Å². The van der Waals surface area contributed by atoms with Gasteiger partial charge in [-0.1, -0.05) is 12.1 Å². The second-order valence-corrected chi connectivity index (χ2v) is 8.41. The molecule has 1 aliphatic rings. The highest BCUT2D eigenvalue weighted by molar-refractivity contribution is 7.92. The number of halogens is 2. The van der Waals surface area contributed by atoms with E-state index in [4.69, 9.17) is 4.74 Å². The van der Waals surface area contributed by atoms with Crippen molar-refractivity contribution in [1.82, 2.24) is 4.90 Å². The van der Waals surface area contributed by atoms with Crippen LogP contribution in [0.5, 0.6) is 0 Å². The Bertz CT molecular complexity index is 967. The molecular weight excluding hydrogens is 390 g/mol. The van der Waals surface area contributed by atoms with Crippen molar-refractivity contribution in [3.8, 4) is 0 Å². The number of benzene rings is 2. The number of anilines is 1. The average Bonchev–Trinajstić information content (AvgIpc) is 2.59. The van der Waals surface area contributed by atoms with Crippen LogP contribution < -0.4 is 4.72 Å². The maximum Gasteiger partial charge on any atom is 0.262 e. The third-order valence-electron chi connectivity index (χ3n) is 4.25. The SMILES string of the molecule is CC1CN(C(=O)c2ccccc2NS(=O)(=O)c2cc(F)cc(F)c2)CC(C)O1. The lowest BCUT2D eigenvalue weighted by Gasteiger charge is -2.35. The van der Waals surface area contributed by atoms with Gasteiger partial charge in [-0.15, -0.1) is 0 Å². The molecule has 1 N–H and O–H groups in total. The zero-order valence-electron chi connectivity index (χ0n) is 15.4. The number of hydrogen-bond acceptors (Lipinski definition) is 4. The largest absolute Gasteiger partial charge is 0.372 e. The minimum absolute atomic E-state index is 0.0315. The van der Waals surface area contributed by atoms with E-state index in [0.29, 0.717) is 31.3 Å². The quantitative estimate of drug-likeness (QED) is 0.841. The molecule has 2 atom stereocenters. The van der Waals surface area contributed by atoms with E-state index in [1.165, 1.54) is 12.1 Å². The fourth-order valence-corrected chi connectivity index (χ4v) is 4.28. The maximum atomic E-state index is 13.4. The van der Waals surface area contributed by atoms with Crippen molar-refractivity contribution >= 4 is 21.6 Å². The molecule has 0 radical (unpaired) electrons. The smallest absolute Gasteiger partial charge is 0.262 e. The van der Waals surface area contributed by atoms with Crippen LogP contribution in [-0.2, 0) is 14.8 Å². The molecule has 2 unspecified atom stereocenters. The first-order valence-electron chi connectivity index (χ1n) is 8.68. The minimum Gasteiger partial charge on any atom is -0.372 e. The highest BCUT2D eigenvalue weighted by atomic mass is 32.2. The number of hydrogen-bond donors (Lipinski definition) is 1. The Morgan fingerprint density at radius 3 is 2.25 bits per heavy atom. The monoisotopic (exact) mass is 410 g/mol. The summed E-state index contributed by atoms with van der Waals surface area (Å²) in [5.74, 6) is -2.38. The van der Waals surface area contributed by atoms with Gasteiger partial charge in [0, 0.05) is 19.2 Å². The van der Waals surface area contributed by atoms with Crippen LogP contribution >= 0.6 is 0 Å². The topological polar surface area (TPSA) is 75.7 Å². The zero-order chi connectivity index (χ0) is 20.5. The number of sulfonamides is 1. The molecule has 2 aromatic carbocycles. The van der Waals surface area contributed by atoms with Crippen molar-refractivity contribution in [3.63, 3.8) is 0 Å². The zero-order valence-corrected chi connectivity index (χ0v) is 16.2. The lowest BCUT2D eigenvalue weighted by atomic mass is 10.1. The molecule has 3 rings (SSSR count). The average molecular weight is 410 g/mol. The van der Waals surface area contributed by atoms with Gasteiger partial charge < -0.3 is 9.64 Å². The van der Waals surface area contributed by atoms with E-state index in [9.17, 15) is 22.0 Å². The van der Waals surface area contributed by atoms with Crippen LogP contribution in [0, 0.1) is 11.6 Å². The fourth-order valence-electron chi connectivity index (χ4n) is 3.16. The van der Waals surface area contributed by atoms with Gasteiger partial charge in [0.15, 0.2) is 0 Å². The van der Waals surface area contributed by atoms with E-state index in [0.717, 1.165) is 0 Å². The first-order chi connectivity index (χ1) is 13.2. The van der Waals surface area contributed by atoms with E-state index in [1.807, 2.05) is 13.8 Å². The van der Waals surface area contributed by atoms with Crippen LogP contribution in [0.1, 0.15) is 24.2 Å². The molecule has 150 valence electrons. The molecule has 1 saturated heterocycles. The van der Waals surface area contributed by atoms with E-state index < -0.39 is 26.6 Å². The van der Waals surface area contributed by atoms with Crippen molar-refractivity contribution in [2.24, 2.45) is 0 Å². The predicted molar refractivity (Wildman–Crippen MR) is 99.5 cm³/mol. The molecular formula is C19H20F2N2O4S. The third-order valence-corrected chi connectivity index (χ3v) is 5.60. The number of nitrogens with zero attached hydrogens (tertiary/aromatic N) is 1. The van der Waals surface area contributed by atoms with Crippen molar-refractivity contribution < 1.29 is 26.7 Å². The molecule has 0 saturated carbocycles. The van der Waals surface area contributed by atoms with Crippen LogP contribution in [0.4, 0.5) is 14.5 Å². The van der Waals surface area contributed by atoms with Gasteiger partial charge in [-0.25, -0.2) is 17.2 Å². The maximum absolute atomic E-state index is 13.4. The van der Waals surface area contributed by atoms with Gasteiger partial charge in [-0.05, 0) is 38.1 Å². The Morgan fingerprint density at radius 2 is 1.64 bits per heavy atom. The predicted octanol–water partition coefficient (Wildman–Crippen LogP) is 3.02. The van der Waals surface area contributed by atoms with Gasteiger partial charge in [-0.3, -0.25) is 9.52 Å². The van der Waals surface area contributed by atoms with Crippen LogP contribution in [0.15, 0.2) is 47.4 Å². The van der Waals surface area contributed by atoms with E-state index in [1.54, 1.807) is 17.0 Å². The second kappa shape index (κ2) is 7.84. The molecule has 1 heterocycles. The van der Waals surface area contributed by atoms with Crippen LogP contribution in [0.3, 0.4) is 0 Å². The molecule has 1 amide bonds. The van der Waals surface area contributed by atoms with E-state index in [-0.39, 0.29) is 29.4 Å². The number of rotatable bonds is 4. The summed E-state index contributed by atoms with van der Waals surface area (Å²) in [5, 5.41) is 0. The molecule has 0 spiro atoms. The number of nitrogens with one attached hydrogen (secondary N) is 1. The summed E-state index contributed by atoms with van der Waals surface area (Å²) in [5.41, 5.74) is 0.174. The van der Waals surface area contributed by atoms with Gasteiger partial charge in [0.25, 0.3) is 15.9 Å². The summed E-state index contributed by atoms with van der Waals surface area (Å²) in [6.07, 6.45) is -0.293. The second-order valence-electron chi connectivity index (χ2n) is 6.72. The summed E-state index contributed by atoms with van der Waals surface area (Å²) in [4.78, 5) is 14.0. The first-order valence-corrected chi connectivity index (χ1v) is 10.2. The molecule has 9 heteroatoms. The van der Waals surface area contributed by atoms with Crippen molar-refractivity contribution in [2.45, 2.75) is 31.0 Å². The van der Waals surface area contributed by atoms with E-state index >= 15 is 0 Å². The van der Waals surface area contributed by atoms with Gasteiger partial charge in [0.1, 0.15) is 11.6 Å². The molecule has 0 bridgehead atoms. The molecule has 1 aliphatic heterocycles. The Balaban J connectivity index is 1.91. The van der Waals surface area contributed by atoms with Gasteiger partial charge in [0.05, 0.1) is 28.4 Å². The summed E-state index contributed by atoms with van der Waals surface area (Å²) < 4.78 is 59.9. The first kappa shape index (κ1) is 20.2. The molecule has 6 nitrogen and oxygen atoms in total. The van der Waals surface area contributed by atoms with Gasteiger partial charge in [0.2, 0.25) is 0 Å². The lowest BCUT2D eigenvalue weighted by molar-refractivity contribution is -0.0585. The van der Waals surface area contributed by atoms with Gasteiger partial charge in [-0.2, -0.15) is 0 Å². The number of para-hydroxylation sites is 1. The molecule has 0 aliphatic carbocycles. The Hall–Kier alpha value is -2.52. The number of carbonyl (C=O) groups is 1. The number of amides is 1. The summed E-state index contributed by atoms with van der Waals surface area (Å²) in [7, 11) is -4.29. The van der Waals surface area contributed by atoms with Gasteiger partial charge >= 0.3 is 0 Å². The Morgan fingerprint density at radius 1 is 1.07 bits per heavy atom.